The summed E-state index contributed by atoms with van der Waals surface area (Å²) in [4.78, 5) is 56.5. The minimum atomic E-state index is -0.546. The van der Waals surface area contributed by atoms with Crippen LogP contribution in [0.3, 0.4) is 0 Å². The number of fused-ring (bicyclic) bond motifs is 3. The molecule has 2 aliphatic heterocycles. The van der Waals surface area contributed by atoms with Crippen LogP contribution in [0.15, 0.2) is 78.9 Å². The fourth-order valence-corrected chi connectivity index (χ4v) is 6.34. The predicted molar refractivity (Wildman–Crippen MR) is 137 cm³/mol. The highest BCUT2D eigenvalue weighted by Gasteiger charge is 2.55. The number of aryl methyl sites for hydroxylation is 1. The van der Waals surface area contributed by atoms with E-state index in [-0.39, 0.29) is 49.1 Å². The second-order valence-electron chi connectivity index (χ2n) is 10.4. The smallest absolute Gasteiger partial charge is 0.237 e. The standard InChI is InChI=1S/C31H28N2O4/c1-19-12-13-22-23(25-16-27(34)32(29(25)35)17-20-8-4-2-5-9-20)15-26-28(24(22)14-19)31(37)33(30(26)36)18-21-10-6-3-7-11-21/h2-14,23,25-26,28H,15-18H2,1H3/t23-,25?,26-,28+/m0/s1. The molecule has 186 valence electrons. The lowest BCUT2D eigenvalue weighted by atomic mass is 9.66. The van der Waals surface area contributed by atoms with Crippen LogP contribution in [0, 0.1) is 18.8 Å². The van der Waals surface area contributed by atoms with Crippen LogP contribution in [-0.4, -0.2) is 33.4 Å². The average molecular weight is 493 g/mol. The normalized spacial score (nSPS) is 25.0. The molecular weight excluding hydrogens is 464 g/mol. The molecule has 3 aliphatic rings. The molecule has 6 rings (SSSR count). The van der Waals surface area contributed by atoms with Crippen LogP contribution >= 0.6 is 0 Å². The van der Waals surface area contributed by atoms with Crippen LogP contribution < -0.4 is 0 Å². The first-order valence-corrected chi connectivity index (χ1v) is 12.8. The molecular formula is C31H28N2O4. The highest BCUT2D eigenvalue weighted by atomic mass is 16.2. The van der Waals surface area contributed by atoms with E-state index in [9.17, 15) is 19.2 Å². The number of nitrogens with zero attached hydrogens (tertiary/aromatic N) is 2. The quantitative estimate of drug-likeness (QED) is 0.497. The molecule has 3 aromatic rings. The topological polar surface area (TPSA) is 74.8 Å². The van der Waals surface area contributed by atoms with Crippen LogP contribution in [-0.2, 0) is 32.3 Å². The molecule has 6 heteroatoms. The van der Waals surface area contributed by atoms with Crippen molar-refractivity contribution in [1.29, 1.82) is 0 Å². The Balaban J connectivity index is 1.33. The lowest BCUT2D eigenvalue weighted by molar-refractivity contribution is -0.142. The first kappa shape index (κ1) is 23.3. The van der Waals surface area contributed by atoms with Gasteiger partial charge < -0.3 is 0 Å². The van der Waals surface area contributed by atoms with Gasteiger partial charge in [0, 0.05) is 6.42 Å². The number of hydrogen-bond donors (Lipinski definition) is 0. The molecule has 0 spiro atoms. The number of carbonyl (C=O) groups excluding carboxylic acids is 4. The summed E-state index contributed by atoms with van der Waals surface area (Å²) in [6.07, 6.45) is 0.510. The summed E-state index contributed by atoms with van der Waals surface area (Å²) in [5.41, 5.74) is 4.55. The maximum absolute atomic E-state index is 13.6. The summed E-state index contributed by atoms with van der Waals surface area (Å²) in [5.74, 6) is -2.64. The SMILES string of the molecule is Cc1ccc2c(c1)[C@H]1C(=O)N(Cc3ccccc3)C(=O)[C@H]1C[C@@H]2C1CC(=O)N(Cc2ccccc2)C1=O. The van der Waals surface area contributed by atoms with Gasteiger partial charge in [0.2, 0.25) is 23.6 Å². The zero-order valence-electron chi connectivity index (χ0n) is 20.7. The van der Waals surface area contributed by atoms with E-state index in [2.05, 4.69) is 0 Å². The van der Waals surface area contributed by atoms with E-state index in [1.807, 2.05) is 85.8 Å². The summed E-state index contributed by atoms with van der Waals surface area (Å²) >= 11 is 0. The molecule has 1 aliphatic carbocycles. The number of rotatable bonds is 5. The van der Waals surface area contributed by atoms with Gasteiger partial charge in [0.25, 0.3) is 0 Å². The maximum Gasteiger partial charge on any atom is 0.237 e. The fraction of sp³-hybridized carbons (Fsp3) is 0.290. The van der Waals surface area contributed by atoms with Gasteiger partial charge in [-0.05, 0) is 41.5 Å². The van der Waals surface area contributed by atoms with Gasteiger partial charge in [-0.2, -0.15) is 0 Å². The van der Waals surface area contributed by atoms with Crippen LogP contribution in [0.2, 0.25) is 0 Å². The average Bonchev–Trinajstić information content (AvgIpc) is 3.32. The van der Waals surface area contributed by atoms with E-state index in [4.69, 9.17) is 0 Å². The van der Waals surface area contributed by atoms with Gasteiger partial charge in [-0.3, -0.25) is 29.0 Å². The molecule has 2 saturated heterocycles. The van der Waals surface area contributed by atoms with Crippen molar-refractivity contribution >= 4 is 23.6 Å². The van der Waals surface area contributed by atoms with E-state index in [1.165, 1.54) is 9.80 Å². The van der Waals surface area contributed by atoms with E-state index >= 15 is 0 Å². The van der Waals surface area contributed by atoms with Gasteiger partial charge in [0.05, 0.1) is 30.8 Å². The fourth-order valence-electron chi connectivity index (χ4n) is 6.34. The molecule has 1 unspecified atom stereocenters. The largest absolute Gasteiger partial charge is 0.278 e. The monoisotopic (exact) mass is 492 g/mol. The van der Waals surface area contributed by atoms with Crippen molar-refractivity contribution in [3.05, 3.63) is 107 Å². The zero-order valence-corrected chi connectivity index (χ0v) is 20.7. The van der Waals surface area contributed by atoms with Gasteiger partial charge >= 0.3 is 0 Å². The van der Waals surface area contributed by atoms with Crippen molar-refractivity contribution in [2.45, 2.75) is 44.7 Å². The van der Waals surface area contributed by atoms with Gasteiger partial charge in [-0.1, -0.05) is 84.4 Å². The van der Waals surface area contributed by atoms with Gasteiger partial charge in [-0.25, -0.2) is 0 Å². The second-order valence-corrected chi connectivity index (χ2v) is 10.4. The summed E-state index contributed by atoms with van der Waals surface area (Å²) in [5, 5.41) is 0. The third-order valence-corrected chi connectivity index (χ3v) is 8.13. The van der Waals surface area contributed by atoms with Crippen molar-refractivity contribution < 1.29 is 19.2 Å². The Morgan fingerprint density at radius 2 is 1.24 bits per heavy atom. The van der Waals surface area contributed by atoms with Gasteiger partial charge in [0.15, 0.2) is 0 Å². The first-order valence-electron chi connectivity index (χ1n) is 12.8. The zero-order chi connectivity index (χ0) is 25.7. The molecule has 3 aromatic carbocycles. The predicted octanol–water partition coefficient (Wildman–Crippen LogP) is 4.33. The molecule has 6 nitrogen and oxygen atoms in total. The Bertz CT molecular complexity index is 1400. The maximum atomic E-state index is 13.6. The Kier molecular flexibility index (Phi) is 5.75. The molecule has 0 bridgehead atoms. The molecule has 4 amide bonds. The Labute approximate surface area is 215 Å². The number of imide groups is 2. The van der Waals surface area contributed by atoms with Crippen molar-refractivity contribution in [2.24, 2.45) is 11.8 Å². The Morgan fingerprint density at radius 3 is 1.89 bits per heavy atom. The van der Waals surface area contributed by atoms with Crippen LogP contribution in [0.1, 0.15) is 52.5 Å². The van der Waals surface area contributed by atoms with E-state index in [0.29, 0.717) is 6.42 Å². The summed E-state index contributed by atoms with van der Waals surface area (Å²) < 4.78 is 0. The second kappa shape index (κ2) is 9.11. The Morgan fingerprint density at radius 1 is 0.649 bits per heavy atom. The highest BCUT2D eigenvalue weighted by Crippen LogP contribution is 2.52. The molecule has 37 heavy (non-hydrogen) atoms. The minimum absolute atomic E-state index is 0.122. The van der Waals surface area contributed by atoms with E-state index in [1.54, 1.807) is 0 Å². The van der Waals surface area contributed by atoms with E-state index in [0.717, 1.165) is 27.8 Å². The number of benzene rings is 3. The van der Waals surface area contributed by atoms with E-state index < -0.39 is 17.8 Å². The molecule has 0 saturated carbocycles. The number of hydrogen-bond acceptors (Lipinski definition) is 4. The lowest BCUT2D eigenvalue weighted by Gasteiger charge is -2.34. The van der Waals surface area contributed by atoms with Gasteiger partial charge in [-0.15, -0.1) is 0 Å². The van der Waals surface area contributed by atoms with Crippen molar-refractivity contribution in [3.8, 4) is 0 Å². The summed E-state index contributed by atoms with van der Waals surface area (Å²) in [6, 6.07) is 25.0. The minimum Gasteiger partial charge on any atom is -0.278 e. The number of carbonyl (C=O) groups is 4. The van der Waals surface area contributed by atoms with Crippen LogP contribution in [0.5, 0.6) is 0 Å². The van der Waals surface area contributed by atoms with Crippen molar-refractivity contribution in [3.63, 3.8) is 0 Å². The molecule has 2 heterocycles. The Hall–Kier alpha value is -4.06. The van der Waals surface area contributed by atoms with Crippen LogP contribution in [0.4, 0.5) is 0 Å². The number of likely N-dealkylation sites (tertiary alicyclic amines) is 2. The highest BCUT2D eigenvalue weighted by molar-refractivity contribution is 6.09. The molecule has 0 radical (unpaired) electrons. The van der Waals surface area contributed by atoms with Gasteiger partial charge in [0.1, 0.15) is 0 Å². The molecule has 0 aromatic heterocycles. The van der Waals surface area contributed by atoms with Crippen molar-refractivity contribution in [2.75, 3.05) is 0 Å². The number of amides is 4. The molecule has 0 N–H and O–H groups in total. The summed E-state index contributed by atoms with van der Waals surface area (Å²) in [6.45, 7) is 2.45. The molecule has 2 fully saturated rings. The first-order chi connectivity index (χ1) is 17.9. The summed E-state index contributed by atoms with van der Waals surface area (Å²) in [7, 11) is 0. The van der Waals surface area contributed by atoms with Crippen molar-refractivity contribution in [1.82, 2.24) is 9.80 Å². The van der Waals surface area contributed by atoms with Crippen LogP contribution in [0.25, 0.3) is 0 Å². The third-order valence-electron chi connectivity index (χ3n) is 8.13. The third kappa shape index (κ3) is 3.97. The lowest BCUT2D eigenvalue weighted by Crippen LogP contribution is -2.34. The molecule has 4 atom stereocenters.